The number of allylic oxidation sites excluding steroid dienone is 4. The molecule has 0 radical (unpaired) electrons. The Morgan fingerprint density at radius 3 is 2.78 bits per heavy atom. The molecule has 4 N–H and O–H groups in total. The maximum atomic E-state index is 12.9. The van der Waals surface area contributed by atoms with E-state index in [1.165, 1.54) is 5.57 Å². The first-order valence-corrected chi connectivity index (χ1v) is 10.1. The van der Waals surface area contributed by atoms with Crippen molar-refractivity contribution in [3.05, 3.63) is 36.0 Å². The van der Waals surface area contributed by atoms with E-state index in [9.17, 15) is 4.79 Å². The van der Waals surface area contributed by atoms with Crippen molar-refractivity contribution >= 4 is 5.91 Å². The highest BCUT2D eigenvalue weighted by atomic mass is 16.5. The van der Waals surface area contributed by atoms with E-state index in [0.29, 0.717) is 13.2 Å². The van der Waals surface area contributed by atoms with Crippen LogP contribution < -0.4 is 16.4 Å². The molecule has 2 unspecified atom stereocenters. The summed E-state index contributed by atoms with van der Waals surface area (Å²) in [6, 6.07) is 0. The van der Waals surface area contributed by atoms with Gasteiger partial charge in [0, 0.05) is 12.1 Å². The van der Waals surface area contributed by atoms with Gasteiger partial charge in [0.2, 0.25) is 5.91 Å². The molecule has 0 aliphatic heterocycles. The molecule has 2 atom stereocenters. The van der Waals surface area contributed by atoms with Gasteiger partial charge in [0.1, 0.15) is 0 Å². The molecule has 0 bridgehead atoms. The van der Waals surface area contributed by atoms with E-state index < -0.39 is 5.41 Å². The molecule has 1 rings (SSSR count). The first kappa shape index (κ1) is 23.6. The molecule has 0 heterocycles. The molecule has 1 aliphatic carbocycles. The number of nitrogens with one attached hydrogen (secondary N) is 2. The zero-order valence-electron chi connectivity index (χ0n) is 17.8. The number of ether oxygens (including phenoxy) is 1. The van der Waals surface area contributed by atoms with Gasteiger partial charge in [-0.2, -0.15) is 0 Å². The molecule has 154 valence electrons. The summed E-state index contributed by atoms with van der Waals surface area (Å²) in [4.78, 5) is 12.9. The zero-order valence-corrected chi connectivity index (χ0v) is 17.8. The van der Waals surface area contributed by atoms with Crippen LogP contribution in [0.1, 0.15) is 53.4 Å². The van der Waals surface area contributed by atoms with Gasteiger partial charge in [-0.15, -0.1) is 0 Å². The van der Waals surface area contributed by atoms with Crippen LogP contribution in [0, 0.1) is 5.41 Å². The molecule has 5 nitrogen and oxygen atoms in total. The molecule has 0 aromatic rings. The van der Waals surface area contributed by atoms with Gasteiger partial charge in [-0.25, -0.2) is 0 Å². The van der Waals surface area contributed by atoms with Crippen molar-refractivity contribution in [2.24, 2.45) is 11.1 Å². The highest BCUT2D eigenvalue weighted by Crippen LogP contribution is 2.27. The van der Waals surface area contributed by atoms with E-state index in [1.54, 1.807) is 0 Å². The topological polar surface area (TPSA) is 76.4 Å². The maximum Gasteiger partial charge on any atom is 0.234 e. The van der Waals surface area contributed by atoms with Gasteiger partial charge >= 0.3 is 0 Å². The lowest BCUT2D eigenvalue weighted by atomic mass is 9.87. The maximum absolute atomic E-state index is 12.9. The van der Waals surface area contributed by atoms with Crippen molar-refractivity contribution in [1.29, 1.82) is 0 Å². The van der Waals surface area contributed by atoms with Crippen molar-refractivity contribution in [3.63, 3.8) is 0 Å². The number of amides is 1. The van der Waals surface area contributed by atoms with Crippen molar-refractivity contribution in [3.8, 4) is 0 Å². The predicted molar refractivity (Wildman–Crippen MR) is 114 cm³/mol. The predicted octanol–water partition coefficient (Wildman–Crippen LogP) is 3.08. The van der Waals surface area contributed by atoms with E-state index in [-0.39, 0.29) is 17.6 Å². The first-order chi connectivity index (χ1) is 12.7. The average molecular weight is 378 g/mol. The number of rotatable bonds is 12. The third kappa shape index (κ3) is 8.87. The molecule has 0 fully saturated rings. The van der Waals surface area contributed by atoms with Gasteiger partial charge in [0.05, 0.1) is 11.5 Å². The second-order valence-electron chi connectivity index (χ2n) is 8.27. The smallest absolute Gasteiger partial charge is 0.234 e. The van der Waals surface area contributed by atoms with Gasteiger partial charge in [-0.05, 0) is 79.1 Å². The fourth-order valence-electron chi connectivity index (χ4n) is 2.84. The van der Waals surface area contributed by atoms with Crippen LogP contribution in [0.15, 0.2) is 36.0 Å². The van der Waals surface area contributed by atoms with Crippen LogP contribution in [0.4, 0.5) is 0 Å². The van der Waals surface area contributed by atoms with E-state index in [4.69, 9.17) is 10.5 Å². The van der Waals surface area contributed by atoms with Crippen LogP contribution in [-0.2, 0) is 9.53 Å². The van der Waals surface area contributed by atoms with Gasteiger partial charge in [0.15, 0.2) is 0 Å². The summed E-state index contributed by atoms with van der Waals surface area (Å²) in [5, 5.41) is 6.32. The fraction of sp³-hybridized carbons (Fsp3) is 0.682. The van der Waals surface area contributed by atoms with Crippen LogP contribution in [0.25, 0.3) is 0 Å². The quantitative estimate of drug-likeness (QED) is 0.488. The van der Waals surface area contributed by atoms with Crippen LogP contribution in [0.3, 0.4) is 0 Å². The minimum atomic E-state index is -0.654. The summed E-state index contributed by atoms with van der Waals surface area (Å²) in [7, 11) is 1.94. The standard InChI is InChI=1S/C22H39N3O2/c1-18(11-16-24-5)27-17-14-21(2,3)25-20(26)22(4)12-6-8-19(10-13-22)9-7-15-23/h6,8,10,12-13,18,24H,7,9,11,14-17,23H2,1-5H3,(H,25,26). The molecule has 0 aromatic carbocycles. The van der Waals surface area contributed by atoms with E-state index in [0.717, 1.165) is 32.2 Å². The Morgan fingerprint density at radius 2 is 2.11 bits per heavy atom. The molecule has 5 heteroatoms. The Balaban J connectivity index is 2.55. The second-order valence-corrected chi connectivity index (χ2v) is 8.27. The van der Waals surface area contributed by atoms with Crippen molar-refractivity contribution in [2.75, 3.05) is 26.7 Å². The molecule has 27 heavy (non-hydrogen) atoms. The highest BCUT2D eigenvalue weighted by molar-refractivity contribution is 5.87. The molecule has 0 aromatic heterocycles. The van der Waals surface area contributed by atoms with Crippen LogP contribution >= 0.6 is 0 Å². The summed E-state index contributed by atoms with van der Waals surface area (Å²) in [5.41, 5.74) is 5.82. The normalized spacial score (nSPS) is 20.9. The van der Waals surface area contributed by atoms with Gasteiger partial charge in [-0.1, -0.05) is 30.4 Å². The third-order valence-electron chi connectivity index (χ3n) is 4.94. The SMILES string of the molecule is CNCCC(C)OCCC(C)(C)NC(=O)C1(C)C=CC=C(CCCN)C=C1. The minimum Gasteiger partial charge on any atom is -0.378 e. The van der Waals surface area contributed by atoms with E-state index >= 15 is 0 Å². The molecule has 0 saturated carbocycles. The van der Waals surface area contributed by atoms with Crippen molar-refractivity contribution < 1.29 is 9.53 Å². The van der Waals surface area contributed by atoms with Crippen LogP contribution in [0.5, 0.6) is 0 Å². The lowest BCUT2D eigenvalue weighted by molar-refractivity contribution is -0.127. The first-order valence-electron chi connectivity index (χ1n) is 10.1. The largest absolute Gasteiger partial charge is 0.378 e. The average Bonchev–Trinajstić information content (AvgIpc) is 2.80. The Bertz CT molecular complexity index is 552. The molecule has 0 spiro atoms. The molecular weight excluding hydrogens is 338 g/mol. The number of hydrogen-bond acceptors (Lipinski definition) is 4. The van der Waals surface area contributed by atoms with Gasteiger partial charge < -0.3 is 21.1 Å². The molecule has 0 saturated heterocycles. The van der Waals surface area contributed by atoms with E-state index in [2.05, 4.69) is 29.7 Å². The van der Waals surface area contributed by atoms with Crippen LogP contribution in [0.2, 0.25) is 0 Å². The monoisotopic (exact) mass is 377 g/mol. The summed E-state index contributed by atoms with van der Waals surface area (Å²) in [5.74, 6) is 0.0108. The Labute approximate surface area is 165 Å². The third-order valence-corrected chi connectivity index (χ3v) is 4.94. The number of nitrogens with two attached hydrogens (primary N) is 1. The Kier molecular flexibility index (Phi) is 9.99. The summed E-state index contributed by atoms with van der Waals surface area (Å²) >= 11 is 0. The lowest BCUT2D eigenvalue weighted by Crippen LogP contribution is -2.49. The Hall–Kier alpha value is -1.43. The fourth-order valence-corrected chi connectivity index (χ4v) is 2.84. The van der Waals surface area contributed by atoms with Gasteiger partial charge in [-0.3, -0.25) is 4.79 Å². The number of hydrogen-bond donors (Lipinski definition) is 3. The van der Waals surface area contributed by atoms with Gasteiger partial charge in [0.25, 0.3) is 0 Å². The number of carbonyl (C=O) groups excluding carboxylic acids is 1. The minimum absolute atomic E-state index is 0.0108. The Morgan fingerprint density at radius 1 is 1.37 bits per heavy atom. The zero-order chi connectivity index (χ0) is 20.3. The van der Waals surface area contributed by atoms with Crippen LogP contribution in [-0.4, -0.2) is 44.3 Å². The van der Waals surface area contributed by atoms with E-state index in [1.807, 2.05) is 46.0 Å². The highest BCUT2D eigenvalue weighted by Gasteiger charge is 2.32. The summed E-state index contributed by atoms with van der Waals surface area (Å²) in [6.45, 7) is 10.4. The number of carbonyl (C=O) groups is 1. The summed E-state index contributed by atoms with van der Waals surface area (Å²) < 4.78 is 5.87. The molecule has 1 aliphatic rings. The molecule has 1 amide bonds. The molecular formula is C22H39N3O2. The lowest BCUT2D eigenvalue weighted by Gasteiger charge is -2.31. The van der Waals surface area contributed by atoms with Crippen molar-refractivity contribution in [2.45, 2.75) is 65.0 Å². The second kappa shape index (κ2) is 11.4. The summed E-state index contributed by atoms with van der Waals surface area (Å²) in [6.07, 6.45) is 13.9. The van der Waals surface area contributed by atoms with Crippen molar-refractivity contribution in [1.82, 2.24) is 10.6 Å².